The normalized spacial score (nSPS) is 21.4. The van der Waals surface area contributed by atoms with Crippen molar-refractivity contribution in [1.29, 1.82) is 0 Å². The smallest absolute Gasteiger partial charge is 0.251 e. The summed E-state index contributed by atoms with van der Waals surface area (Å²) < 4.78 is 4.02. The summed E-state index contributed by atoms with van der Waals surface area (Å²) in [6.45, 7) is 1.79. The summed E-state index contributed by atoms with van der Waals surface area (Å²) in [7, 11) is 1.50. The Labute approximate surface area is 96.8 Å². The van der Waals surface area contributed by atoms with Crippen molar-refractivity contribution in [3.05, 3.63) is 5.82 Å². The summed E-state index contributed by atoms with van der Waals surface area (Å²) in [4.78, 5) is 28.3. The Hall–Kier alpha value is -1.50. The summed E-state index contributed by atoms with van der Waals surface area (Å²) in [5, 5.41) is 3.63. The molecular weight excluding hydrogens is 228 g/mol. The van der Waals surface area contributed by atoms with E-state index in [2.05, 4.69) is 14.7 Å². The molecule has 7 heteroatoms. The third kappa shape index (κ3) is 2.04. The zero-order chi connectivity index (χ0) is 11.7. The van der Waals surface area contributed by atoms with Crippen molar-refractivity contribution in [1.82, 2.24) is 14.3 Å². The van der Waals surface area contributed by atoms with Gasteiger partial charge in [-0.1, -0.05) is 0 Å². The highest BCUT2D eigenvalue weighted by Crippen LogP contribution is 2.18. The number of nitrogens with one attached hydrogen (secondary N) is 1. The number of likely N-dealkylation sites (N-methyl/N-ethyl adjacent to an activating group) is 1. The van der Waals surface area contributed by atoms with E-state index < -0.39 is 0 Å². The van der Waals surface area contributed by atoms with Gasteiger partial charge in [-0.15, -0.1) is 0 Å². The van der Waals surface area contributed by atoms with E-state index in [9.17, 15) is 9.59 Å². The van der Waals surface area contributed by atoms with Crippen LogP contribution in [0.3, 0.4) is 0 Å². The van der Waals surface area contributed by atoms with Gasteiger partial charge in [0.05, 0.1) is 0 Å². The highest BCUT2D eigenvalue weighted by molar-refractivity contribution is 7.09. The number of amides is 2. The van der Waals surface area contributed by atoms with Crippen LogP contribution in [0, 0.1) is 6.92 Å². The molecule has 0 saturated carbocycles. The maximum Gasteiger partial charge on any atom is 0.251 e. The fourth-order valence-electron chi connectivity index (χ4n) is 1.55. The van der Waals surface area contributed by atoms with E-state index in [1.807, 2.05) is 0 Å². The summed E-state index contributed by atoms with van der Waals surface area (Å²) in [6, 6.07) is -0.366. The number of hydrogen-bond acceptors (Lipinski definition) is 6. The van der Waals surface area contributed by atoms with Gasteiger partial charge in [0.25, 0.3) is 5.91 Å². The molecule has 0 aliphatic carbocycles. The molecule has 6 nitrogen and oxygen atoms in total. The molecule has 86 valence electrons. The number of piperidine rings is 1. The van der Waals surface area contributed by atoms with Gasteiger partial charge in [-0.25, -0.2) is 4.98 Å². The molecule has 0 bridgehead atoms. The molecule has 0 radical (unpaired) electrons. The highest BCUT2D eigenvalue weighted by Gasteiger charge is 2.32. The van der Waals surface area contributed by atoms with Crippen molar-refractivity contribution in [2.45, 2.75) is 25.8 Å². The predicted molar refractivity (Wildman–Crippen MR) is 59.1 cm³/mol. The quantitative estimate of drug-likeness (QED) is 0.758. The largest absolute Gasteiger partial charge is 0.348 e. The molecule has 1 aromatic heterocycles. The Morgan fingerprint density at radius 2 is 2.25 bits per heavy atom. The van der Waals surface area contributed by atoms with E-state index >= 15 is 0 Å². The van der Waals surface area contributed by atoms with E-state index in [1.54, 1.807) is 6.92 Å². The number of likely N-dealkylation sites (tertiary alicyclic amines) is 1. The molecule has 1 saturated heterocycles. The molecule has 1 aliphatic rings. The summed E-state index contributed by atoms with van der Waals surface area (Å²) >= 11 is 1.22. The molecule has 16 heavy (non-hydrogen) atoms. The number of carbonyl (C=O) groups excluding carboxylic acids is 2. The third-order valence-corrected chi connectivity index (χ3v) is 3.21. The first-order valence-corrected chi connectivity index (χ1v) is 5.72. The average molecular weight is 240 g/mol. The second-order valence-electron chi connectivity index (χ2n) is 3.67. The standard InChI is InChI=1S/C9H12N4O2S/c1-5-10-9(16-12-5)11-6-3-4-7(14)13(2)8(6)15/h6H,3-4H2,1-2H3,(H,10,11,12). The summed E-state index contributed by atoms with van der Waals surface area (Å²) in [5.74, 6) is 0.348. The first-order chi connectivity index (χ1) is 7.58. The van der Waals surface area contributed by atoms with Crippen LogP contribution in [0.15, 0.2) is 0 Å². The third-order valence-electron chi connectivity index (χ3n) is 2.47. The van der Waals surface area contributed by atoms with E-state index in [0.29, 0.717) is 23.8 Å². The number of nitrogens with zero attached hydrogens (tertiary/aromatic N) is 3. The number of anilines is 1. The lowest BCUT2D eigenvalue weighted by Gasteiger charge is -2.27. The molecule has 1 aliphatic heterocycles. The van der Waals surface area contributed by atoms with Crippen LogP contribution in [-0.4, -0.2) is 39.2 Å². The van der Waals surface area contributed by atoms with Gasteiger partial charge < -0.3 is 5.32 Å². The van der Waals surface area contributed by atoms with E-state index in [1.165, 1.54) is 18.6 Å². The second kappa shape index (κ2) is 4.17. The molecule has 2 amide bonds. The Kier molecular flexibility index (Phi) is 2.86. The monoisotopic (exact) mass is 240 g/mol. The van der Waals surface area contributed by atoms with E-state index in [-0.39, 0.29) is 17.9 Å². The Morgan fingerprint density at radius 1 is 1.50 bits per heavy atom. The van der Waals surface area contributed by atoms with Gasteiger partial charge in [-0.05, 0) is 13.3 Å². The first-order valence-electron chi connectivity index (χ1n) is 4.95. The van der Waals surface area contributed by atoms with Crippen LogP contribution in [0.5, 0.6) is 0 Å². The van der Waals surface area contributed by atoms with Gasteiger partial charge in [0.2, 0.25) is 11.0 Å². The van der Waals surface area contributed by atoms with Gasteiger partial charge in [0.15, 0.2) is 0 Å². The number of aryl methyl sites for hydroxylation is 1. The highest BCUT2D eigenvalue weighted by atomic mass is 32.1. The average Bonchev–Trinajstić information content (AvgIpc) is 2.65. The topological polar surface area (TPSA) is 75.2 Å². The number of imide groups is 1. The lowest BCUT2D eigenvalue weighted by atomic mass is 10.1. The molecule has 1 aromatic rings. The molecule has 0 aromatic carbocycles. The molecule has 2 heterocycles. The molecule has 1 N–H and O–H groups in total. The van der Waals surface area contributed by atoms with Crippen molar-refractivity contribution in [2.24, 2.45) is 0 Å². The zero-order valence-electron chi connectivity index (χ0n) is 9.06. The molecular formula is C9H12N4O2S. The molecule has 2 rings (SSSR count). The van der Waals surface area contributed by atoms with Crippen LogP contribution in [0.2, 0.25) is 0 Å². The molecule has 1 atom stereocenters. The lowest BCUT2D eigenvalue weighted by Crippen LogP contribution is -2.48. The van der Waals surface area contributed by atoms with Crippen molar-refractivity contribution in [3.63, 3.8) is 0 Å². The number of rotatable bonds is 2. The van der Waals surface area contributed by atoms with E-state index in [4.69, 9.17) is 0 Å². The van der Waals surface area contributed by atoms with Crippen LogP contribution in [0.1, 0.15) is 18.7 Å². The minimum atomic E-state index is -0.366. The van der Waals surface area contributed by atoms with Gasteiger partial charge in [-0.2, -0.15) is 4.37 Å². The minimum Gasteiger partial charge on any atom is -0.348 e. The lowest BCUT2D eigenvalue weighted by molar-refractivity contribution is -0.146. The van der Waals surface area contributed by atoms with Crippen molar-refractivity contribution in [2.75, 3.05) is 12.4 Å². The molecule has 0 spiro atoms. The predicted octanol–water partition coefficient (Wildman–Crippen LogP) is 0.406. The SMILES string of the molecule is Cc1nsc(NC2CCC(=O)N(C)C2=O)n1. The van der Waals surface area contributed by atoms with Crippen LogP contribution in [0.25, 0.3) is 0 Å². The summed E-state index contributed by atoms with van der Waals surface area (Å²) in [6.07, 6.45) is 0.901. The molecule has 1 fully saturated rings. The van der Waals surface area contributed by atoms with Crippen LogP contribution < -0.4 is 5.32 Å². The first kappa shape index (κ1) is 11.0. The minimum absolute atomic E-state index is 0.128. The van der Waals surface area contributed by atoms with Crippen molar-refractivity contribution < 1.29 is 9.59 Å². The fraction of sp³-hybridized carbons (Fsp3) is 0.556. The Morgan fingerprint density at radius 3 is 2.88 bits per heavy atom. The van der Waals surface area contributed by atoms with Crippen molar-refractivity contribution in [3.8, 4) is 0 Å². The van der Waals surface area contributed by atoms with Gasteiger partial charge >= 0.3 is 0 Å². The Bertz CT molecular complexity index is 431. The zero-order valence-corrected chi connectivity index (χ0v) is 9.87. The van der Waals surface area contributed by atoms with Crippen LogP contribution in [0.4, 0.5) is 5.13 Å². The number of carbonyl (C=O) groups is 2. The molecule has 1 unspecified atom stereocenters. The maximum atomic E-state index is 11.7. The maximum absolute atomic E-state index is 11.7. The fourth-order valence-corrected chi connectivity index (χ4v) is 2.18. The van der Waals surface area contributed by atoms with Gasteiger partial charge in [0, 0.05) is 25.0 Å². The van der Waals surface area contributed by atoms with Gasteiger partial charge in [-0.3, -0.25) is 14.5 Å². The second-order valence-corrected chi connectivity index (χ2v) is 4.43. The van der Waals surface area contributed by atoms with Crippen LogP contribution in [-0.2, 0) is 9.59 Å². The summed E-state index contributed by atoms with van der Waals surface area (Å²) in [5.41, 5.74) is 0. The van der Waals surface area contributed by atoms with E-state index in [0.717, 1.165) is 4.90 Å². The van der Waals surface area contributed by atoms with Crippen LogP contribution >= 0.6 is 11.5 Å². The van der Waals surface area contributed by atoms with Gasteiger partial charge in [0.1, 0.15) is 11.9 Å². The number of hydrogen-bond donors (Lipinski definition) is 1. The number of aromatic nitrogens is 2. The Balaban J connectivity index is 2.06. The van der Waals surface area contributed by atoms with Crippen molar-refractivity contribution >= 4 is 28.5 Å².